The lowest BCUT2D eigenvalue weighted by Gasteiger charge is -2.13. The maximum Gasteiger partial charge on any atom is 0.240 e. The minimum absolute atomic E-state index is 0. The molecule has 1 aromatic rings. The molecule has 0 bridgehead atoms. The Hall–Kier alpha value is -0.620. The van der Waals surface area contributed by atoms with Gasteiger partial charge in [-0.25, -0.2) is 13.1 Å². The number of rotatable bonds is 7. The van der Waals surface area contributed by atoms with Gasteiger partial charge in [-0.1, -0.05) is 31.9 Å². The quantitative estimate of drug-likeness (QED) is 0.745. The molecular formula is C16H27ClN2O2S. The van der Waals surface area contributed by atoms with Gasteiger partial charge in [0.15, 0.2) is 0 Å². The number of nitrogens with two attached hydrogens (primary N) is 1. The third kappa shape index (κ3) is 5.54. The molecule has 1 aliphatic rings. The zero-order valence-corrected chi connectivity index (χ0v) is 14.8. The van der Waals surface area contributed by atoms with E-state index in [0.29, 0.717) is 4.90 Å². The van der Waals surface area contributed by atoms with E-state index in [1.807, 2.05) is 12.1 Å². The van der Waals surface area contributed by atoms with Crippen molar-refractivity contribution in [2.45, 2.75) is 68.8 Å². The molecule has 2 rings (SSSR count). The average Bonchev–Trinajstić information content (AvgIpc) is 2.84. The molecule has 0 aliphatic heterocycles. The SMILES string of the molecule is CCCCCc1ccc(S(=O)(=O)N[C@@H]2CC[C@@H](N)C2)cc1.Cl. The summed E-state index contributed by atoms with van der Waals surface area (Å²) >= 11 is 0. The van der Waals surface area contributed by atoms with Crippen LogP contribution in [0.5, 0.6) is 0 Å². The standard InChI is InChI=1S/C16H26N2O2S.ClH/c1-2-3-4-5-13-6-10-16(11-7-13)21(19,20)18-15-9-8-14(17)12-15;/h6-7,10-11,14-15,18H,2-5,8-9,12,17H2,1H3;1H/t14-,15-;/m1./s1. The molecule has 1 aromatic carbocycles. The first-order chi connectivity index (χ1) is 10.0. The summed E-state index contributed by atoms with van der Waals surface area (Å²) in [6, 6.07) is 7.36. The molecule has 0 unspecified atom stereocenters. The molecule has 1 saturated carbocycles. The normalized spacial score (nSPS) is 21.5. The summed E-state index contributed by atoms with van der Waals surface area (Å²) in [5.41, 5.74) is 7.02. The lowest BCUT2D eigenvalue weighted by atomic mass is 10.1. The summed E-state index contributed by atoms with van der Waals surface area (Å²) in [4.78, 5) is 0.349. The van der Waals surface area contributed by atoms with Crippen molar-refractivity contribution in [2.24, 2.45) is 5.73 Å². The second-order valence-electron chi connectivity index (χ2n) is 5.99. The summed E-state index contributed by atoms with van der Waals surface area (Å²) in [5, 5.41) is 0. The molecule has 1 aliphatic carbocycles. The molecule has 0 amide bonds. The lowest BCUT2D eigenvalue weighted by molar-refractivity contribution is 0.548. The van der Waals surface area contributed by atoms with Crippen LogP contribution >= 0.6 is 12.4 Å². The van der Waals surface area contributed by atoms with Crippen LogP contribution in [0.3, 0.4) is 0 Å². The third-order valence-corrected chi connectivity index (χ3v) is 5.63. The van der Waals surface area contributed by atoms with Crippen molar-refractivity contribution < 1.29 is 8.42 Å². The van der Waals surface area contributed by atoms with Crippen LogP contribution in [0, 0.1) is 0 Å². The first kappa shape index (κ1) is 19.4. The van der Waals surface area contributed by atoms with Gasteiger partial charge in [0.1, 0.15) is 0 Å². The van der Waals surface area contributed by atoms with E-state index in [4.69, 9.17) is 5.73 Å². The van der Waals surface area contributed by atoms with Crippen LogP contribution < -0.4 is 10.5 Å². The van der Waals surface area contributed by atoms with E-state index in [0.717, 1.165) is 32.1 Å². The number of hydrogen-bond donors (Lipinski definition) is 2. The summed E-state index contributed by atoms with van der Waals surface area (Å²) < 4.78 is 27.4. The monoisotopic (exact) mass is 346 g/mol. The van der Waals surface area contributed by atoms with Gasteiger partial charge in [0.05, 0.1) is 4.90 Å². The Balaban J connectivity index is 0.00000242. The Kier molecular flexibility index (Phi) is 7.83. The molecule has 4 nitrogen and oxygen atoms in total. The minimum atomic E-state index is -3.41. The molecule has 1 fully saturated rings. The molecule has 0 heterocycles. The highest BCUT2D eigenvalue weighted by Crippen LogP contribution is 2.20. The first-order valence-electron chi connectivity index (χ1n) is 7.88. The maximum absolute atomic E-state index is 12.3. The second kappa shape index (κ2) is 8.87. The molecular weight excluding hydrogens is 320 g/mol. The van der Waals surface area contributed by atoms with Crippen LogP contribution in [-0.4, -0.2) is 20.5 Å². The third-order valence-electron chi connectivity index (χ3n) is 4.10. The average molecular weight is 347 g/mol. The molecule has 0 spiro atoms. The van der Waals surface area contributed by atoms with E-state index in [1.54, 1.807) is 12.1 Å². The van der Waals surface area contributed by atoms with Gasteiger partial charge in [0.2, 0.25) is 10.0 Å². The van der Waals surface area contributed by atoms with Crippen LogP contribution in [0.25, 0.3) is 0 Å². The van der Waals surface area contributed by atoms with E-state index >= 15 is 0 Å². The number of benzene rings is 1. The highest BCUT2D eigenvalue weighted by atomic mass is 35.5. The Morgan fingerprint density at radius 3 is 2.41 bits per heavy atom. The van der Waals surface area contributed by atoms with Crippen LogP contribution in [0.15, 0.2) is 29.2 Å². The number of hydrogen-bond acceptors (Lipinski definition) is 3. The predicted molar refractivity (Wildman–Crippen MR) is 92.9 cm³/mol. The highest BCUT2D eigenvalue weighted by Gasteiger charge is 2.26. The van der Waals surface area contributed by atoms with Crippen LogP contribution in [0.1, 0.15) is 51.0 Å². The van der Waals surface area contributed by atoms with Crippen LogP contribution in [0.4, 0.5) is 0 Å². The fourth-order valence-electron chi connectivity index (χ4n) is 2.83. The van der Waals surface area contributed by atoms with Gasteiger partial charge >= 0.3 is 0 Å². The fraction of sp³-hybridized carbons (Fsp3) is 0.625. The van der Waals surface area contributed by atoms with Crippen molar-refractivity contribution in [1.29, 1.82) is 0 Å². The van der Waals surface area contributed by atoms with Crippen LogP contribution in [-0.2, 0) is 16.4 Å². The molecule has 0 saturated heterocycles. The fourth-order valence-corrected chi connectivity index (χ4v) is 4.11. The zero-order valence-electron chi connectivity index (χ0n) is 13.1. The highest BCUT2D eigenvalue weighted by molar-refractivity contribution is 7.89. The van der Waals surface area contributed by atoms with E-state index < -0.39 is 10.0 Å². The molecule has 0 aromatic heterocycles. The van der Waals surface area contributed by atoms with Gasteiger partial charge in [-0.05, 0) is 49.8 Å². The van der Waals surface area contributed by atoms with E-state index in [1.165, 1.54) is 18.4 Å². The van der Waals surface area contributed by atoms with E-state index in [-0.39, 0.29) is 24.5 Å². The Morgan fingerprint density at radius 1 is 1.18 bits per heavy atom. The van der Waals surface area contributed by atoms with E-state index in [9.17, 15) is 8.42 Å². The van der Waals surface area contributed by atoms with E-state index in [2.05, 4.69) is 11.6 Å². The largest absolute Gasteiger partial charge is 0.328 e. The number of nitrogens with one attached hydrogen (secondary N) is 1. The van der Waals surface area contributed by atoms with Crippen molar-refractivity contribution in [3.05, 3.63) is 29.8 Å². The zero-order chi connectivity index (χ0) is 15.3. The van der Waals surface area contributed by atoms with Gasteiger partial charge in [-0.15, -0.1) is 12.4 Å². The minimum Gasteiger partial charge on any atom is -0.328 e. The summed E-state index contributed by atoms with van der Waals surface area (Å²) in [7, 11) is -3.41. The van der Waals surface area contributed by atoms with Crippen molar-refractivity contribution in [3.63, 3.8) is 0 Å². The van der Waals surface area contributed by atoms with Gasteiger partial charge in [0, 0.05) is 12.1 Å². The predicted octanol–water partition coefficient (Wildman–Crippen LogP) is 3.00. The summed E-state index contributed by atoms with van der Waals surface area (Å²) in [5.74, 6) is 0. The lowest BCUT2D eigenvalue weighted by Crippen LogP contribution is -2.34. The van der Waals surface area contributed by atoms with Gasteiger partial charge in [0.25, 0.3) is 0 Å². The Morgan fingerprint density at radius 2 is 1.86 bits per heavy atom. The topological polar surface area (TPSA) is 72.2 Å². The molecule has 126 valence electrons. The van der Waals surface area contributed by atoms with Crippen molar-refractivity contribution in [1.82, 2.24) is 4.72 Å². The molecule has 6 heteroatoms. The molecule has 3 N–H and O–H groups in total. The molecule has 2 atom stereocenters. The Labute approximate surface area is 140 Å². The number of aryl methyl sites for hydroxylation is 1. The molecule has 0 radical (unpaired) electrons. The van der Waals surface area contributed by atoms with Crippen LogP contribution in [0.2, 0.25) is 0 Å². The second-order valence-corrected chi connectivity index (χ2v) is 7.71. The maximum atomic E-state index is 12.3. The number of sulfonamides is 1. The summed E-state index contributed by atoms with van der Waals surface area (Å²) in [6.45, 7) is 2.18. The smallest absolute Gasteiger partial charge is 0.240 e. The van der Waals surface area contributed by atoms with Crippen molar-refractivity contribution in [2.75, 3.05) is 0 Å². The molecule has 22 heavy (non-hydrogen) atoms. The van der Waals surface area contributed by atoms with Gasteiger partial charge in [-0.3, -0.25) is 0 Å². The van der Waals surface area contributed by atoms with Gasteiger partial charge in [-0.2, -0.15) is 0 Å². The Bertz CT molecular complexity index is 546. The summed E-state index contributed by atoms with van der Waals surface area (Å²) in [6.07, 6.45) is 7.02. The first-order valence-corrected chi connectivity index (χ1v) is 9.36. The van der Waals surface area contributed by atoms with Crippen molar-refractivity contribution in [3.8, 4) is 0 Å². The number of halogens is 1. The van der Waals surface area contributed by atoms with Crippen molar-refractivity contribution >= 4 is 22.4 Å². The number of unbranched alkanes of at least 4 members (excludes halogenated alkanes) is 2. The van der Waals surface area contributed by atoms with Gasteiger partial charge < -0.3 is 5.73 Å².